The van der Waals surface area contributed by atoms with Crippen LogP contribution in [0.25, 0.3) is 0 Å². The summed E-state index contributed by atoms with van der Waals surface area (Å²) in [6.45, 7) is 1.88. The predicted molar refractivity (Wildman–Crippen MR) is 85.8 cm³/mol. The van der Waals surface area contributed by atoms with Gasteiger partial charge in [0.2, 0.25) is 0 Å². The molecule has 0 heterocycles. The second-order valence-electron chi connectivity index (χ2n) is 6.22. The molecular weight excluding hydrogens is 332 g/mol. The Morgan fingerprint density at radius 1 is 0.760 bits per heavy atom. The van der Waals surface area contributed by atoms with Crippen molar-refractivity contribution in [1.82, 2.24) is 0 Å². The zero-order valence-electron chi connectivity index (χ0n) is 13.7. The molecule has 0 aromatic heterocycles. The third-order valence-electron chi connectivity index (χ3n) is 4.33. The lowest BCUT2D eigenvalue weighted by atomic mass is 9.80. The fourth-order valence-corrected chi connectivity index (χ4v) is 2.94. The van der Waals surface area contributed by atoms with E-state index >= 15 is 0 Å². The highest BCUT2D eigenvalue weighted by Crippen LogP contribution is 2.28. The van der Waals surface area contributed by atoms with E-state index in [1.165, 1.54) is 12.2 Å². The lowest BCUT2D eigenvalue weighted by Crippen LogP contribution is -2.32. The predicted octanol–water partition coefficient (Wildman–Crippen LogP) is 1.72. The molecule has 2 rings (SSSR count). The molecular formula is C17H22O8. The Morgan fingerprint density at radius 3 is 1.72 bits per heavy atom. The smallest absolute Gasteiger partial charge is 0.311 e. The highest BCUT2D eigenvalue weighted by Gasteiger charge is 2.35. The Kier molecular flexibility index (Phi) is 7.35. The molecule has 0 aliphatic heterocycles. The van der Waals surface area contributed by atoms with Gasteiger partial charge in [-0.2, -0.15) is 0 Å². The normalized spacial score (nSPS) is 30.7. The lowest BCUT2D eigenvalue weighted by Gasteiger charge is -2.24. The highest BCUT2D eigenvalue weighted by atomic mass is 16.4. The number of carboxylic acids is 4. The minimum atomic E-state index is -1.06. The molecule has 138 valence electrons. The molecule has 0 bridgehead atoms. The van der Waals surface area contributed by atoms with Crippen LogP contribution in [0, 0.1) is 29.6 Å². The average Bonchev–Trinajstić information content (AvgIpc) is 2.54. The summed E-state index contributed by atoms with van der Waals surface area (Å²) >= 11 is 0. The highest BCUT2D eigenvalue weighted by molar-refractivity contribution is 5.82. The maximum atomic E-state index is 10.7. The van der Waals surface area contributed by atoms with Crippen molar-refractivity contribution in [1.29, 1.82) is 0 Å². The number of aliphatic carboxylic acids is 4. The van der Waals surface area contributed by atoms with Gasteiger partial charge in [0.05, 0.1) is 23.7 Å². The van der Waals surface area contributed by atoms with E-state index in [2.05, 4.69) is 0 Å². The molecule has 0 amide bonds. The monoisotopic (exact) mass is 354 g/mol. The Hall–Kier alpha value is -2.64. The standard InChI is InChI=1S/C9H12O4.C8H10O4/c1-5-2-3-6(8(10)11)7(4-5)9(12)13;9-7(10)5-3-1-2-4-6(5)8(11)12/h2-3,5-7H,4H2,1H3,(H,10,11)(H,12,13);1,3,5-6H,2,4H2,(H,9,10)(H,11,12). The Bertz CT molecular complexity index is 591. The molecule has 0 saturated carbocycles. The van der Waals surface area contributed by atoms with Crippen LogP contribution in [0.4, 0.5) is 0 Å². The van der Waals surface area contributed by atoms with E-state index in [1.807, 2.05) is 6.92 Å². The number of allylic oxidation sites excluding steroid dienone is 2. The van der Waals surface area contributed by atoms with Gasteiger partial charge in [-0.05, 0) is 25.2 Å². The first-order valence-corrected chi connectivity index (χ1v) is 7.91. The van der Waals surface area contributed by atoms with Crippen molar-refractivity contribution in [2.45, 2.75) is 26.2 Å². The van der Waals surface area contributed by atoms with Crippen molar-refractivity contribution < 1.29 is 39.6 Å². The van der Waals surface area contributed by atoms with E-state index in [1.54, 1.807) is 12.2 Å². The molecule has 0 aromatic rings. The maximum absolute atomic E-state index is 10.7. The SMILES string of the molecule is CC1C=CC(C(=O)O)C(C(=O)O)C1.O=C(O)C1C=CCCC1C(=O)O. The van der Waals surface area contributed by atoms with Gasteiger partial charge in [-0.1, -0.05) is 31.2 Å². The molecule has 5 atom stereocenters. The molecule has 2 aliphatic carbocycles. The molecule has 0 radical (unpaired) electrons. The Balaban J connectivity index is 0.000000251. The van der Waals surface area contributed by atoms with Crippen LogP contribution in [-0.2, 0) is 19.2 Å². The third kappa shape index (κ3) is 5.74. The zero-order chi connectivity index (χ0) is 19.1. The molecule has 25 heavy (non-hydrogen) atoms. The fourth-order valence-electron chi connectivity index (χ4n) is 2.94. The van der Waals surface area contributed by atoms with Crippen LogP contribution in [0.2, 0.25) is 0 Å². The number of carboxylic acid groups (broad SMARTS) is 4. The van der Waals surface area contributed by atoms with Crippen LogP contribution < -0.4 is 0 Å². The number of hydrogen-bond acceptors (Lipinski definition) is 4. The molecule has 8 heteroatoms. The summed E-state index contributed by atoms with van der Waals surface area (Å²) in [5, 5.41) is 34.8. The lowest BCUT2D eigenvalue weighted by molar-refractivity contribution is -0.152. The van der Waals surface area contributed by atoms with E-state index < -0.39 is 47.5 Å². The number of hydrogen-bond donors (Lipinski definition) is 4. The van der Waals surface area contributed by atoms with Gasteiger partial charge < -0.3 is 20.4 Å². The van der Waals surface area contributed by atoms with Crippen molar-refractivity contribution in [2.75, 3.05) is 0 Å². The average molecular weight is 354 g/mol. The van der Waals surface area contributed by atoms with Crippen molar-refractivity contribution in [3.63, 3.8) is 0 Å². The molecule has 0 spiro atoms. The second-order valence-corrected chi connectivity index (χ2v) is 6.22. The first kappa shape index (κ1) is 20.4. The molecule has 4 N–H and O–H groups in total. The first-order chi connectivity index (χ1) is 11.6. The van der Waals surface area contributed by atoms with Crippen LogP contribution in [0.5, 0.6) is 0 Å². The van der Waals surface area contributed by atoms with E-state index in [-0.39, 0.29) is 5.92 Å². The third-order valence-corrected chi connectivity index (χ3v) is 4.33. The van der Waals surface area contributed by atoms with Gasteiger partial charge in [0.15, 0.2) is 0 Å². The van der Waals surface area contributed by atoms with Gasteiger partial charge >= 0.3 is 23.9 Å². The van der Waals surface area contributed by atoms with Gasteiger partial charge in [0.25, 0.3) is 0 Å². The van der Waals surface area contributed by atoms with E-state index in [0.717, 1.165) is 0 Å². The van der Waals surface area contributed by atoms with Gasteiger partial charge in [-0.3, -0.25) is 19.2 Å². The maximum Gasteiger partial charge on any atom is 0.311 e. The van der Waals surface area contributed by atoms with E-state index in [0.29, 0.717) is 19.3 Å². The summed E-state index contributed by atoms with van der Waals surface area (Å²) in [6.07, 6.45) is 7.91. The zero-order valence-corrected chi connectivity index (χ0v) is 13.7. The largest absolute Gasteiger partial charge is 0.481 e. The van der Waals surface area contributed by atoms with Gasteiger partial charge in [0, 0.05) is 0 Å². The number of carbonyl (C=O) groups is 4. The fraction of sp³-hybridized carbons (Fsp3) is 0.529. The van der Waals surface area contributed by atoms with Crippen molar-refractivity contribution in [2.24, 2.45) is 29.6 Å². The van der Waals surface area contributed by atoms with Crippen LogP contribution in [-0.4, -0.2) is 44.3 Å². The summed E-state index contributed by atoms with van der Waals surface area (Å²) < 4.78 is 0. The minimum Gasteiger partial charge on any atom is -0.481 e. The minimum absolute atomic E-state index is 0.150. The Morgan fingerprint density at radius 2 is 1.28 bits per heavy atom. The summed E-state index contributed by atoms with van der Waals surface area (Å²) in [6, 6.07) is 0. The molecule has 0 fully saturated rings. The van der Waals surface area contributed by atoms with Gasteiger partial charge in [0.1, 0.15) is 0 Å². The summed E-state index contributed by atoms with van der Waals surface area (Å²) in [4.78, 5) is 42.5. The van der Waals surface area contributed by atoms with E-state index in [9.17, 15) is 19.2 Å². The topological polar surface area (TPSA) is 149 Å². The quantitative estimate of drug-likeness (QED) is 0.557. The molecule has 0 aromatic carbocycles. The Labute approximate surface area is 144 Å². The van der Waals surface area contributed by atoms with E-state index in [4.69, 9.17) is 20.4 Å². The van der Waals surface area contributed by atoms with Gasteiger partial charge in [-0.25, -0.2) is 0 Å². The van der Waals surface area contributed by atoms with Crippen LogP contribution in [0.1, 0.15) is 26.2 Å². The van der Waals surface area contributed by atoms with Crippen LogP contribution >= 0.6 is 0 Å². The van der Waals surface area contributed by atoms with Crippen molar-refractivity contribution in [3.05, 3.63) is 24.3 Å². The second kappa shape index (κ2) is 9.00. The molecule has 0 saturated heterocycles. The molecule has 2 aliphatic rings. The number of rotatable bonds is 4. The van der Waals surface area contributed by atoms with Crippen LogP contribution in [0.15, 0.2) is 24.3 Å². The first-order valence-electron chi connectivity index (χ1n) is 7.91. The molecule has 8 nitrogen and oxygen atoms in total. The summed E-state index contributed by atoms with van der Waals surface area (Å²) in [7, 11) is 0. The molecule has 5 unspecified atom stereocenters. The van der Waals surface area contributed by atoms with Crippen LogP contribution in [0.3, 0.4) is 0 Å². The van der Waals surface area contributed by atoms with Crippen molar-refractivity contribution >= 4 is 23.9 Å². The summed E-state index contributed by atoms with van der Waals surface area (Å²) in [5.74, 6) is -7.27. The summed E-state index contributed by atoms with van der Waals surface area (Å²) in [5.41, 5.74) is 0. The van der Waals surface area contributed by atoms with Gasteiger partial charge in [-0.15, -0.1) is 0 Å². The van der Waals surface area contributed by atoms with Crippen molar-refractivity contribution in [3.8, 4) is 0 Å².